The van der Waals surface area contributed by atoms with E-state index in [4.69, 9.17) is 5.73 Å². The normalized spacial score (nSPS) is 10.2. The van der Waals surface area contributed by atoms with E-state index in [0.717, 1.165) is 11.4 Å². The molecule has 1 amide bonds. The van der Waals surface area contributed by atoms with E-state index in [0.29, 0.717) is 17.8 Å². The maximum Gasteiger partial charge on any atom is 0.255 e. The van der Waals surface area contributed by atoms with Crippen LogP contribution in [-0.2, 0) is 6.54 Å². The molecule has 104 valence electrons. The van der Waals surface area contributed by atoms with Crippen LogP contribution in [0.2, 0.25) is 0 Å². The van der Waals surface area contributed by atoms with Gasteiger partial charge in [0.25, 0.3) is 5.91 Å². The molecule has 1 heterocycles. The number of nitrogens with two attached hydrogens (primary N) is 1. The lowest BCUT2D eigenvalue weighted by Gasteiger charge is -2.11. The number of carbonyl (C=O) groups is 1. The van der Waals surface area contributed by atoms with Crippen molar-refractivity contribution in [3.63, 3.8) is 0 Å². The SMILES string of the molecule is CN(C)c1ccc(NC(=O)c2ccc(CN)cc2)cn1. The minimum atomic E-state index is -0.159. The Morgan fingerprint density at radius 2 is 1.90 bits per heavy atom. The monoisotopic (exact) mass is 270 g/mol. The first kappa shape index (κ1) is 14.0. The zero-order valence-electron chi connectivity index (χ0n) is 11.6. The predicted octanol–water partition coefficient (Wildman–Crippen LogP) is 1.86. The van der Waals surface area contributed by atoms with Crippen molar-refractivity contribution >= 4 is 17.4 Å². The van der Waals surface area contributed by atoms with Gasteiger partial charge in [-0.2, -0.15) is 0 Å². The van der Waals surface area contributed by atoms with Gasteiger partial charge in [-0.15, -0.1) is 0 Å². The Morgan fingerprint density at radius 3 is 2.40 bits per heavy atom. The first-order chi connectivity index (χ1) is 9.60. The number of nitrogens with zero attached hydrogens (tertiary/aromatic N) is 2. The Kier molecular flexibility index (Phi) is 4.32. The minimum absolute atomic E-state index is 0.159. The molecule has 2 rings (SSSR count). The van der Waals surface area contributed by atoms with Crippen LogP contribution in [0.4, 0.5) is 11.5 Å². The molecular formula is C15H18N4O. The highest BCUT2D eigenvalue weighted by atomic mass is 16.1. The standard InChI is InChI=1S/C15H18N4O/c1-19(2)14-8-7-13(10-17-14)18-15(20)12-5-3-11(9-16)4-6-12/h3-8,10H,9,16H2,1-2H3,(H,18,20). The molecule has 0 spiro atoms. The van der Waals surface area contributed by atoms with E-state index in [-0.39, 0.29) is 5.91 Å². The van der Waals surface area contributed by atoms with Gasteiger partial charge in [0.1, 0.15) is 5.82 Å². The smallest absolute Gasteiger partial charge is 0.255 e. The number of amides is 1. The molecule has 5 heteroatoms. The summed E-state index contributed by atoms with van der Waals surface area (Å²) in [4.78, 5) is 18.2. The molecule has 0 radical (unpaired) electrons. The highest BCUT2D eigenvalue weighted by Crippen LogP contribution is 2.13. The van der Waals surface area contributed by atoms with Gasteiger partial charge < -0.3 is 16.0 Å². The van der Waals surface area contributed by atoms with Gasteiger partial charge in [0.15, 0.2) is 0 Å². The number of pyridine rings is 1. The molecule has 1 aromatic carbocycles. The summed E-state index contributed by atoms with van der Waals surface area (Å²) in [5.74, 6) is 0.684. The highest BCUT2D eigenvalue weighted by Gasteiger charge is 2.06. The van der Waals surface area contributed by atoms with E-state index in [2.05, 4.69) is 10.3 Å². The van der Waals surface area contributed by atoms with Crippen LogP contribution < -0.4 is 16.0 Å². The Balaban J connectivity index is 2.06. The van der Waals surface area contributed by atoms with Crippen LogP contribution in [0.3, 0.4) is 0 Å². The highest BCUT2D eigenvalue weighted by molar-refractivity contribution is 6.04. The number of nitrogens with one attached hydrogen (secondary N) is 1. The minimum Gasteiger partial charge on any atom is -0.363 e. The number of hydrogen-bond acceptors (Lipinski definition) is 4. The molecule has 0 aliphatic heterocycles. The van der Waals surface area contributed by atoms with Crippen LogP contribution in [0.1, 0.15) is 15.9 Å². The summed E-state index contributed by atoms with van der Waals surface area (Å²) in [6.07, 6.45) is 1.64. The number of benzene rings is 1. The molecular weight excluding hydrogens is 252 g/mol. The van der Waals surface area contributed by atoms with Gasteiger partial charge in [-0.25, -0.2) is 4.98 Å². The summed E-state index contributed by atoms with van der Waals surface area (Å²) in [6, 6.07) is 10.9. The van der Waals surface area contributed by atoms with Crippen LogP contribution in [0.25, 0.3) is 0 Å². The Morgan fingerprint density at radius 1 is 1.20 bits per heavy atom. The summed E-state index contributed by atoms with van der Waals surface area (Å²) >= 11 is 0. The van der Waals surface area contributed by atoms with Gasteiger partial charge in [0.05, 0.1) is 11.9 Å². The molecule has 0 bridgehead atoms. The van der Waals surface area contributed by atoms with Crippen molar-refractivity contribution < 1.29 is 4.79 Å². The van der Waals surface area contributed by atoms with E-state index >= 15 is 0 Å². The van der Waals surface area contributed by atoms with Crippen LogP contribution in [-0.4, -0.2) is 25.0 Å². The summed E-state index contributed by atoms with van der Waals surface area (Å²) in [7, 11) is 3.83. The lowest BCUT2D eigenvalue weighted by Crippen LogP contribution is -2.13. The third kappa shape index (κ3) is 3.33. The number of hydrogen-bond donors (Lipinski definition) is 2. The first-order valence-corrected chi connectivity index (χ1v) is 6.34. The summed E-state index contributed by atoms with van der Waals surface area (Å²) in [5.41, 5.74) is 7.79. The fourth-order valence-corrected chi connectivity index (χ4v) is 1.72. The topological polar surface area (TPSA) is 71.2 Å². The molecule has 0 aliphatic rings. The van der Waals surface area contributed by atoms with Crippen molar-refractivity contribution in [2.24, 2.45) is 5.73 Å². The van der Waals surface area contributed by atoms with E-state index in [1.54, 1.807) is 18.3 Å². The molecule has 5 nitrogen and oxygen atoms in total. The first-order valence-electron chi connectivity index (χ1n) is 6.34. The van der Waals surface area contributed by atoms with Crippen molar-refractivity contribution in [1.82, 2.24) is 4.98 Å². The van der Waals surface area contributed by atoms with Gasteiger partial charge in [-0.3, -0.25) is 4.79 Å². The van der Waals surface area contributed by atoms with Crippen LogP contribution >= 0.6 is 0 Å². The number of aromatic nitrogens is 1. The Bertz CT molecular complexity index is 576. The van der Waals surface area contributed by atoms with Crippen LogP contribution in [0.5, 0.6) is 0 Å². The molecule has 0 fully saturated rings. The summed E-state index contributed by atoms with van der Waals surface area (Å²) in [5, 5.41) is 2.81. The van der Waals surface area contributed by atoms with E-state index in [9.17, 15) is 4.79 Å². The van der Waals surface area contributed by atoms with Crippen LogP contribution in [0, 0.1) is 0 Å². The van der Waals surface area contributed by atoms with E-state index < -0.39 is 0 Å². The molecule has 1 aromatic heterocycles. The molecule has 3 N–H and O–H groups in total. The molecule has 20 heavy (non-hydrogen) atoms. The largest absolute Gasteiger partial charge is 0.363 e. The number of anilines is 2. The van der Waals surface area contributed by atoms with Gasteiger partial charge in [-0.05, 0) is 29.8 Å². The van der Waals surface area contributed by atoms with E-state index in [1.165, 1.54) is 0 Å². The fourth-order valence-electron chi connectivity index (χ4n) is 1.72. The van der Waals surface area contributed by atoms with E-state index in [1.807, 2.05) is 43.3 Å². The fraction of sp³-hybridized carbons (Fsp3) is 0.200. The summed E-state index contributed by atoms with van der Waals surface area (Å²) in [6.45, 7) is 0.470. The molecule has 0 aliphatic carbocycles. The molecule has 2 aromatic rings. The quantitative estimate of drug-likeness (QED) is 0.889. The second kappa shape index (κ2) is 6.16. The Hall–Kier alpha value is -2.40. The van der Waals surface area contributed by atoms with Crippen molar-refractivity contribution in [2.75, 3.05) is 24.3 Å². The van der Waals surface area contributed by atoms with Crippen molar-refractivity contribution in [3.05, 3.63) is 53.7 Å². The predicted molar refractivity (Wildman–Crippen MR) is 80.9 cm³/mol. The third-order valence-electron chi connectivity index (χ3n) is 2.92. The molecule has 0 saturated carbocycles. The van der Waals surface area contributed by atoms with Gasteiger partial charge in [-0.1, -0.05) is 12.1 Å². The van der Waals surface area contributed by atoms with Crippen molar-refractivity contribution in [3.8, 4) is 0 Å². The Labute approximate surface area is 118 Å². The zero-order valence-corrected chi connectivity index (χ0v) is 11.6. The number of rotatable bonds is 4. The van der Waals surface area contributed by atoms with Gasteiger partial charge >= 0.3 is 0 Å². The second-order valence-corrected chi connectivity index (χ2v) is 4.65. The van der Waals surface area contributed by atoms with Gasteiger partial charge in [0.2, 0.25) is 0 Å². The lowest BCUT2D eigenvalue weighted by atomic mass is 10.1. The lowest BCUT2D eigenvalue weighted by molar-refractivity contribution is 0.102. The summed E-state index contributed by atoms with van der Waals surface area (Å²) < 4.78 is 0. The van der Waals surface area contributed by atoms with Crippen LogP contribution in [0.15, 0.2) is 42.6 Å². The average molecular weight is 270 g/mol. The maximum atomic E-state index is 12.1. The molecule has 0 saturated heterocycles. The van der Waals surface area contributed by atoms with Gasteiger partial charge in [0, 0.05) is 26.2 Å². The number of carbonyl (C=O) groups excluding carboxylic acids is 1. The van der Waals surface area contributed by atoms with Crippen molar-refractivity contribution in [2.45, 2.75) is 6.54 Å². The van der Waals surface area contributed by atoms with Crippen molar-refractivity contribution in [1.29, 1.82) is 0 Å². The zero-order chi connectivity index (χ0) is 14.5. The maximum absolute atomic E-state index is 12.1. The third-order valence-corrected chi connectivity index (χ3v) is 2.92. The molecule has 0 atom stereocenters. The second-order valence-electron chi connectivity index (χ2n) is 4.65. The molecule has 0 unspecified atom stereocenters. The average Bonchev–Trinajstić information content (AvgIpc) is 2.48.